The Morgan fingerprint density at radius 1 is 0.756 bits per heavy atom. The lowest BCUT2D eigenvalue weighted by Gasteiger charge is -2.28. The van der Waals surface area contributed by atoms with E-state index in [9.17, 15) is 45.6 Å². The Kier molecular flexibility index (Phi) is 21.2. The van der Waals surface area contributed by atoms with E-state index < -0.39 is 50.3 Å². The van der Waals surface area contributed by atoms with E-state index in [4.69, 9.17) is 23.2 Å². The molecule has 0 aromatic heterocycles. The highest BCUT2D eigenvalue weighted by molar-refractivity contribution is 6.37. The lowest BCUT2D eigenvalue weighted by atomic mass is 10.0. The van der Waals surface area contributed by atoms with Crippen molar-refractivity contribution in [2.45, 2.75) is 115 Å². The molecule has 0 aliphatic rings. The monoisotopic (exact) mass is 704 g/mol. The third-order valence-electron chi connectivity index (χ3n) is 6.76. The molecule has 264 valence electrons. The van der Waals surface area contributed by atoms with Crippen molar-refractivity contribution in [2.75, 3.05) is 33.0 Å². The molecule has 0 spiro atoms. The summed E-state index contributed by atoms with van der Waals surface area (Å²) in [5.74, 6) is -3.13. The number of carbonyl (C=O) groups excluding carboxylic acids is 1. The summed E-state index contributed by atoms with van der Waals surface area (Å²) in [6.07, 6.45) is 7.13. The van der Waals surface area contributed by atoms with Crippen molar-refractivity contribution in [3.05, 3.63) is 32.3 Å². The Morgan fingerprint density at radius 2 is 1.13 bits per heavy atom. The van der Waals surface area contributed by atoms with Gasteiger partial charge in [0.25, 0.3) is 11.6 Å². The first kappa shape index (κ1) is 45.2. The van der Waals surface area contributed by atoms with Crippen LogP contribution >= 0.6 is 23.2 Å². The number of rotatable bonds is 18. The maximum Gasteiger partial charge on any atom is 0.441 e. The number of nitrogens with zero attached hydrogens (tertiary/aromatic N) is 2. The summed E-state index contributed by atoms with van der Waals surface area (Å²) in [5.41, 5.74) is -8.04. The average Bonchev–Trinajstić information content (AvgIpc) is 2.88. The van der Waals surface area contributed by atoms with Crippen LogP contribution in [0.2, 0.25) is 10.0 Å². The number of hydrogen-bond donors (Lipinski definition) is 1. The van der Waals surface area contributed by atoms with Crippen LogP contribution in [-0.4, -0.2) is 66.5 Å². The largest absolute Gasteiger partial charge is 0.441 e. The predicted molar refractivity (Wildman–Crippen MR) is 165 cm³/mol. The first-order valence-electron chi connectivity index (χ1n) is 14.8. The number of nitrogens with one attached hydrogen (secondary N) is 1. The SMILES string of the molecule is CCCCCCCCCCCCCCCC[N+](C)(C)C.O.O=C(Nc1cc(Cl)c([N+](=O)[O-])cc1Cl)C(F)(C(F)(F)F)C(F)(F)F. The number of halogens is 9. The smallest absolute Gasteiger partial charge is 0.412 e. The maximum atomic E-state index is 13.5. The van der Waals surface area contributed by atoms with Crippen molar-refractivity contribution in [1.82, 2.24) is 0 Å². The van der Waals surface area contributed by atoms with Gasteiger partial charge in [-0.2, -0.15) is 26.3 Å². The van der Waals surface area contributed by atoms with Gasteiger partial charge in [0.15, 0.2) is 0 Å². The van der Waals surface area contributed by atoms with E-state index in [-0.39, 0.29) is 5.48 Å². The van der Waals surface area contributed by atoms with Crippen LogP contribution in [0, 0.1) is 10.1 Å². The van der Waals surface area contributed by atoms with Crippen LogP contribution in [0.15, 0.2) is 12.1 Å². The van der Waals surface area contributed by atoms with Crippen molar-refractivity contribution in [3.8, 4) is 0 Å². The van der Waals surface area contributed by atoms with E-state index in [2.05, 4.69) is 28.1 Å². The third-order valence-corrected chi connectivity index (χ3v) is 7.37. The first-order valence-corrected chi connectivity index (χ1v) is 15.5. The molecule has 1 amide bonds. The van der Waals surface area contributed by atoms with Gasteiger partial charge in [-0.15, -0.1) is 0 Å². The topological polar surface area (TPSA) is 104 Å². The first-order chi connectivity index (χ1) is 20.2. The number of nitro benzene ring substituents is 1. The van der Waals surface area contributed by atoms with Gasteiger partial charge < -0.3 is 15.3 Å². The minimum absolute atomic E-state index is 0. The van der Waals surface area contributed by atoms with E-state index in [1.165, 1.54) is 96.4 Å². The van der Waals surface area contributed by atoms with Crippen LogP contribution in [0.5, 0.6) is 0 Å². The molecule has 0 aliphatic carbocycles. The zero-order valence-corrected chi connectivity index (χ0v) is 27.8. The second-order valence-corrected chi connectivity index (χ2v) is 12.6. The van der Waals surface area contributed by atoms with Gasteiger partial charge in [-0.05, 0) is 18.9 Å². The number of nitro groups is 1. The molecule has 0 saturated heterocycles. The van der Waals surface area contributed by atoms with E-state index in [0.717, 1.165) is 9.80 Å². The Bertz CT molecular complexity index is 1010. The summed E-state index contributed by atoms with van der Waals surface area (Å²) in [6.45, 7) is 3.63. The molecule has 0 saturated carbocycles. The highest BCUT2D eigenvalue weighted by atomic mass is 35.5. The van der Waals surface area contributed by atoms with Crippen molar-refractivity contribution in [1.29, 1.82) is 0 Å². The number of carbonyl (C=O) groups is 1. The predicted octanol–water partition coefficient (Wildman–Crippen LogP) is 10.0. The summed E-state index contributed by atoms with van der Waals surface area (Å²) in [4.78, 5) is 20.7. The molecule has 16 heteroatoms. The van der Waals surface area contributed by atoms with Gasteiger partial charge in [0.1, 0.15) is 5.02 Å². The molecule has 1 aromatic carbocycles. The Balaban J connectivity index is 0. The number of benzene rings is 1. The lowest BCUT2D eigenvalue weighted by molar-refractivity contribution is -0.870. The highest BCUT2D eigenvalue weighted by Crippen LogP contribution is 2.47. The zero-order chi connectivity index (χ0) is 34.2. The number of unbranched alkanes of at least 4 members (excludes halogenated alkanes) is 13. The standard InChI is InChI=1S/C19H42N.C10H3Cl2F7N2O3.H2O/c1-5-6-7-8-9-10-11-12-13-14-15-16-17-18-19-20(2,3)4;11-3-2-6(21(23)24)4(12)1-5(3)20-7(22)8(13,9(14,15)16)10(17,18)19;/h5-19H2,1-4H3;1-2H,(H,20,22);1H2/q+1;;. The quantitative estimate of drug-likeness (QED) is 0.0541. The van der Waals surface area contributed by atoms with Crippen molar-refractivity contribution in [2.24, 2.45) is 0 Å². The van der Waals surface area contributed by atoms with E-state index in [1.807, 2.05) is 0 Å². The van der Waals surface area contributed by atoms with Crippen LogP contribution in [0.25, 0.3) is 0 Å². The van der Waals surface area contributed by atoms with Gasteiger partial charge in [0, 0.05) is 6.07 Å². The average molecular weight is 706 g/mol. The Hall–Kier alpha value is -1.90. The normalized spacial score (nSPS) is 12.2. The minimum Gasteiger partial charge on any atom is -0.412 e. The molecule has 0 heterocycles. The van der Waals surface area contributed by atoms with Crippen LogP contribution in [0.3, 0.4) is 0 Å². The zero-order valence-electron chi connectivity index (χ0n) is 26.3. The van der Waals surface area contributed by atoms with Gasteiger partial charge in [-0.25, -0.2) is 4.39 Å². The minimum atomic E-state index is -6.62. The summed E-state index contributed by atoms with van der Waals surface area (Å²) in [6, 6.07) is 0.869. The molecular formula is C29H47Cl2F7N3O4+. The van der Waals surface area contributed by atoms with Gasteiger partial charge in [0.2, 0.25) is 0 Å². The fourth-order valence-corrected chi connectivity index (χ4v) is 4.62. The Morgan fingerprint density at radius 3 is 1.47 bits per heavy atom. The molecular weight excluding hydrogens is 658 g/mol. The third kappa shape index (κ3) is 17.0. The summed E-state index contributed by atoms with van der Waals surface area (Å²) in [5, 5.41) is 9.94. The molecule has 45 heavy (non-hydrogen) atoms. The van der Waals surface area contributed by atoms with Crippen molar-refractivity contribution < 1.29 is 50.4 Å². The molecule has 0 bridgehead atoms. The number of anilines is 1. The molecule has 3 N–H and O–H groups in total. The maximum absolute atomic E-state index is 13.5. The fraction of sp³-hybridized carbons (Fsp3) is 0.759. The summed E-state index contributed by atoms with van der Waals surface area (Å²) < 4.78 is 89.0. The summed E-state index contributed by atoms with van der Waals surface area (Å²) in [7, 11) is 6.88. The second-order valence-electron chi connectivity index (χ2n) is 11.8. The molecule has 7 nitrogen and oxygen atoms in total. The van der Waals surface area contributed by atoms with Crippen LogP contribution in [-0.2, 0) is 4.79 Å². The molecule has 0 aliphatic heterocycles. The van der Waals surface area contributed by atoms with Gasteiger partial charge in [-0.3, -0.25) is 14.9 Å². The summed E-state index contributed by atoms with van der Waals surface area (Å²) >= 11 is 10.8. The Labute approximate surface area is 270 Å². The van der Waals surface area contributed by atoms with Gasteiger partial charge in [0.05, 0.1) is 43.3 Å². The van der Waals surface area contributed by atoms with Gasteiger partial charge >= 0.3 is 18.0 Å². The van der Waals surface area contributed by atoms with E-state index >= 15 is 0 Å². The van der Waals surface area contributed by atoms with Crippen LogP contribution in [0.4, 0.5) is 42.1 Å². The van der Waals surface area contributed by atoms with Crippen molar-refractivity contribution >= 4 is 40.5 Å². The van der Waals surface area contributed by atoms with E-state index in [1.54, 1.807) is 0 Å². The molecule has 1 rings (SSSR count). The van der Waals surface area contributed by atoms with Gasteiger partial charge in [-0.1, -0.05) is 107 Å². The molecule has 0 unspecified atom stereocenters. The van der Waals surface area contributed by atoms with Crippen LogP contribution in [0.1, 0.15) is 96.8 Å². The lowest BCUT2D eigenvalue weighted by Crippen LogP contribution is -2.60. The van der Waals surface area contributed by atoms with Crippen molar-refractivity contribution in [3.63, 3.8) is 0 Å². The second kappa shape index (κ2) is 21.1. The molecule has 0 fully saturated rings. The number of quaternary nitrogens is 1. The van der Waals surface area contributed by atoms with Crippen LogP contribution < -0.4 is 5.32 Å². The number of alkyl halides is 7. The highest BCUT2D eigenvalue weighted by Gasteiger charge is 2.77. The molecule has 0 atom stereocenters. The molecule has 0 radical (unpaired) electrons. The number of amides is 1. The van der Waals surface area contributed by atoms with E-state index in [0.29, 0.717) is 12.1 Å². The fourth-order valence-electron chi connectivity index (χ4n) is 4.18. The number of hydrogen-bond acceptors (Lipinski definition) is 3. The molecule has 1 aromatic rings.